The van der Waals surface area contributed by atoms with Crippen LogP contribution in [0.2, 0.25) is 0 Å². The molecule has 57 heavy (non-hydrogen) atoms. The monoisotopic (exact) mass is 748 g/mol. The van der Waals surface area contributed by atoms with E-state index in [9.17, 15) is 0 Å². The summed E-state index contributed by atoms with van der Waals surface area (Å²) in [5.74, 6) is 2.31. The Morgan fingerprint density at radius 3 is 2.07 bits per heavy atom. The molecule has 5 nitrogen and oxygen atoms in total. The van der Waals surface area contributed by atoms with Gasteiger partial charge in [0.1, 0.15) is 11.2 Å². The van der Waals surface area contributed by atoms with Crippen molar-refractivity contribution in [3.63, 3.8) is 0 Å². The van der Waals surface area contributed by atoms with E-state index in [1.165, 1.54) is 32.4 Å². The third kappa shape index (κ3) is 5.21. The number of nitrogens with zero attached hydrogens (tertiary/aromatic N) is 4. The molecule has 6 heteroatoms. The van der Waals surface area contributed by atoms with Gasteiger partial charge in [0.05, 0.1) is 11.0 Å². The van der Waals surface area contributed by atoms with Crippen molar-refractivity contribution in [1.29, 1.82) is 0 Å². The molecule has 2 unspecified atom stereocenters. The maximum absolute atomic E-state index is 6.59. The van der Waals surface area contributed by atoms with Crippen LogP contribution in [0.4, 0.5) is 0 Å². The van der Waals surface area contributed by atoms with Gasteiger partial charge in [0.25, 0.3) is 0 Å². The Bertz CT molecular complexity index is 3290. The molecule has 7 aromatic carbocycles. The molecule has 1 aliphatic carbocycles. The van der Waals surface area contributed by atoms with Gasteiger partial charge in [-0.1, -0.05) is 127 Å². The molecule has 0 spiro atoms. The van der Waals surface area contributed by atoms with Gasteiger partial charge in [-0.2, -0.15) is 0 Å². The average Bonchev–Trinajstić information content (AvgIpc) is 3.95. The van der Waals surface area contributed by atoms with E-state index < -0.39 is 0 Å². The van der Waals surface area contributed by atoms with Crippen molar-refractivity contribution in [1.82, 2.24) is 19.5 Å². The Morgan fingerprint density at radius 2 is 1.19 bits per heavy atom. The van der Waals surface area contributed by atoms with E-state index in [-0.39, 0.29) is 0 Å². The number of allylic oxidation sites excluding steroid dienone is 3. The number of para-hydroxylation sites is 1. The molecular weight excluding hydrogens is 717 g/mol. The lowest BCUT2D eigenvalue weighted by Gasteiger charge is -2.14. The van der Waals surface area contributed by atoms with Gasteiger partial charge in [0.15, 0.2) is 17.5 Å². The van der Waals surface area contributed by atoms with Crippen LogP contribution in [-0.2, 0) is 0 Å². The lowest BCUT2D eigenvalue weighted by Crippen LogP contribution is -2.06. The maximum atomic E-state index is 6.59. The molecule has 0 fully saturated rings. The van der Waals surface area contributed by atoms with Crippen LogP contribution in [0.3, 0.4) is 0 Å². The summed E-state index contributed by atoms with van der Waals surface area (Å²) in [4.78, 5) is 16.6. The number of fused-ring (bicyclic) bond motifs is 9. The zero-order valence-electron chi connectivity index (χ0n) is 30.6. The van der Waals surface area contributed by atoms with Gasteiger partial charge in [-0.15, -0.1) is 11.8 Å². The van der Waals surface area contributed by atoms with Crippen molar-refractivity contribution in [3.05, 3.63) is 188 Å². The third-order valence-electron chi connectivity index (χ3n) is 11.4. The van der Waals surface area contributed by atoms with Crippen LogP contribution in [0.5, 0.6) is 0 Å². The highest BCUT2D eigenvalue weighted by Gasteiger charge is 2.33. The highest BCUT2D eigenvalue weighted by molar-refractivity contribution is 8.00. The molecule has 10 aromatic rings. The van der Waals surface area contributed by atoms with E-state index in [2.05, 4.69) is 162 Å². The van der Waals surface area contributed by atoms with E-state index in [0.29, 0.717) is 28.6 Å². The fourth-order valence-corrected chi connectivity index (χ4v) is 10.1. The van der Waals surface area contributed by atoms with Crippen LogP contribution >= 0.6 is 11.8 Å². The largest absolute Gasteiger partial charge is 0.456 e. The first-order chi connectivity index (χ1) is 28.2. The first-order valence-electron chi connectivity index (χ1n) is 19.3. The predicted octanol–water partition coefficient (Wildman–Crippen LogP) is 13.2. The van der Waals surface area contributed by atoms with Crippen molar-refractivity contribution in [2.24, 2.45) is 0 Å². The summed E-state index contributed by atoms with van der Waals surface area (Å²) in [6, 6.07) is 55.5. The number of furan rings is 1. The summed E-state index contributed by atoms with van der Waals surface area (Å²) < 4.78 is 8.93. The van der Waals surface area contributed by atoms with Gasteiger partial charge in [-0.3, -0.25) is 0 Å². The summed E-state index contributed by atoms with van der Waals surface area (Å²) in [5, 5.41) is 4.88. The first kappa shape index (κ1) is 32.2. The fourth-order valence-electron chi connectivity index (χ4n) is 8.69. The van der Waals surface area contributed by atoms with Gasteiger partial charge >= 0.3 is 0 Å². The Kier molecular flexibility index (Phi) is 7.22. The minimum absolute atomic E-state index is 0.351. The molecule has 2 atom stereocenters. The first-order valence-corrected chi connectivity index (χ1v) is 20.1. The van der Waals surface area contributed by atoms with Crippen LogP contribution < -0.4 is 0 Å². The molecule has 268 valence electrons. The quantitative estimate of drug-likeness (QED) is 0.175. The molecule has 0 amide bonds. The molecule has 4 heterocycles. The molecule has 1 aliphatic heterocycles. The number of rotatable bonds is 5. The zero-order chi connectivity index (χ0) is 37.5. The molecule has 3 aromatic heterocycles. The molecule has 0 N–H and O–H groups in total. The standard InChI is InChI=1S/C51H32N4OS/c1-3-12-31(13-4-1)33-22-26-44-41(28-33)36-16-7-9-20-43(36)55(44)35-24-25-37-42-29-34(23-27-45(42)56-46(37)30-35)50-52-49(32-14-5-2-6-15-32)53-51(54-50)40-19-11-18-39-38-17-8-10-21-47(38)57-48(39)40/h1-30,38,47H. The summed E-state index contributed by atoms with van der Waals surface area (Å²) in [7, 11) is 0. The summed E-state index contributed by atoms with van der Waals surface area (Å²) in [5.41, 5.74) is 11.6. The average molecular weight is 749 g/mol. The van der Waals surface area contributed by atoms with Crippen LogP contribution in [-0.4, -0.2) is 24.8 Å². The number of hydrogen-bond donors (Lipinski definition) is 0. The fraction of sp³-hybridized carbons (Fsp3) is 0.0392. The highest BCUT2D eigenvalue weighted by Crippen LogP contribution is 2.51. The number of thioether (sulfide) groups is 1. The molecule has 2 aliphatic rings. The normalized spacial score (nSPS) is 15.9. The Balaban J connectivity index is 0.981. The second kappa shape index (κ2) is 12.8. The van der Waals surface area contributed by atoms with Crippen LogP contribution in [0.25, 0.3) is 94.7 Å². The van der Waals surface area contributed by atoms with Gasteiger partial charge in [-0.25, -0.2) is 15.0 Å². The van der Waals surface area contributed by atoms with E-state index in [1.54, 1.807) is 0 Å². The minimum atomic E-state index is 0.351. The highest BCUT2D eigenvalue weighted by atomic mass is 32.2. The van der Waals surface area contributed by atoms with Gasteiger partial charge < -0.3 is 8.98 Å². The van der Waals surface area contributed by atoms with E-state index >= 15 is 0 Å². The topological polar surface area (TPSA) is 56.7 Å². The lowest BCUT2D eigenvalue weighted by molar-refractivity contribution is 0.668. The van der Waals surface area contributed by atoms with Crippen LogP contribution in [0, 0.1) is 0 Å². The SMILES string of the molecule is C1=CC2Sc3c(-c4nc(-c5ccccc5)nc(-c5ccc6oc7cc(-n8c9ccccc9c9cc(-c%10ccccc%10)ccc98)ccc7c6c5)n4)cccc3C2C=C1. The van der Waals surface area contributed by atoms with E-state index in [0.717, 1.165) is 55.3 Å². The van der Waals surface area contributed by atoms with E-state index in [1.807, 2.05) is 36.0 Å². The van der Waals surface area contributed by atoms with Gasteiger partial charge in [-0.05, 0) is 65.2 Å². The summed E-state index contributed by atoms with van der Waals surface area (Å²) in [6.45, 7) is 0. The zero-order valence-corrected chi connectivity index (χ0v) is 31.4. The molecular formula is C51H32N4OS. The Labute approximate surface area is 332 Å². The predicted molar refractivity (Wildman–Crippen MR) is 234 cm³/mol. The van der Waals surface area contributed by atoms with Crippen molar-refractivity contribution < 1.29 is 4.42 Å². The number of hydrogen-bond acceptors (Lipinski definition) is 5. The van der Waals surface area contributed by atoms with Crippen molar-refractivity contribution >= 4 is 55.5 Å². The molecule has 0 saturated heterocycles. The van der Waals surface area contributed by atoms with Crippen molar-refractivity contribution in [3.8, 4) is 51.0 Å². The number of benzene rings is 7. The maximum Gasteiger partial charge on any atom is 0.165 e. The summed E-state index contributed by atoms with van der Waals surface area (Å²) in [6.07, 6.45) is 8.90. The molecule has 0 saturated carbocycles. The number of aromatic nitrogens is 4. The smallest absolute Gasteiger partial charge is 0.165 e. The minimum Gasteiger partial charge on any atom is -0.456 e. The van der Waals surface area contributed by atoms with Crippen LogP contribution in [0.15, 0.2) is 191 Å². The lowest BCUT2D eigenvalue weighted by atomic mass is 9.91. The summed E-state index contributed by atoms with van der Waals surface area (Å²) >= 11 is 1.90. The Morgan fingerprint density at radius 1 is 0.474 bits per heavy atom. The molecule has 0 bridgehead atoms. The van der Waals surface area contributed by atoms with Gasteiger partial charge in [0.2, 0.25) is 0 Å². The van der Waals surface area contributed by atoms with E-state index in [4.69, 9.17) is 19.4 Å². The van der Waals surface area contributed by atoms with Crippen molar-refractivity contribution in [2.75, 3.05) is 0 Å². The second-order valence-corrected chi connectivity index (χ2v) is 15.9. The Hall–Kier alpha value is -7.02. The molecule has 12 rings (SSSR count). The second-order valence-electron chi connectivity index (χ2n) is 14.7. The molecule has 0 radical (unpaired) electrons. The van der Waals surface area contributed by atoms with Crippen LogP contribution in [0.1, 0.15) is 11.5 Å². The van der Waals surface area contributed by atoms with Gasteiger partial charge in [0, 0.05) is 66.1 Å². The third-order valence-corrected chi connectivity index (χ3v) is 12.8. The van der Waals surface area contributed by atoms with Crippen molar-refractivity contribution in [2.45, 2.75) is 16.1 Å².